The van der Waals surface area contributed by atoms with Gasteiger partial charge in [0.05, 0.1) is 10.6 Å². The molecule has 1 heterocycles. The Labute approximate surface area is 120 Å². The average molecular weight is 297 g/mol. The number of hydrogen-bond donors (Lipinski definition) is 2. The Morgan fingerprint density at radius 1 is 1.58 bits per heavy atom. The van der Waals surface area contributed by atoms with Crippen LogP contribution in [-0.2, 0) is 0 Å². The van der Waals surface area contributed by atoms with E-state index < -0.39 is 0 Å². The fourth-order valence-corrected chi connectivity index (χ4v) is 2.47. The van der Waals surface area contributed by atoms with Gasteiger partial charge in [0, 0.05) is 29.1 Å². The first-order chi connectivity index (χ1) is 9.08. The number of carbonyl (C=O) groups excluding carboxylic acids is 1. The molecule has 4 nitrogen and oxygen atoms in total. The molecule has 19 heavy (non-hydrogen) atoms. The Balaban J connectivity index is 2.00. The second-order valence-electron chi connectivity index (χ2n) is 4.14. The Bertz CT molecular complexity index is 572. The van der Waals surface area contributed by atoms with Crippen molar-refractivity contribution in [1.82, 2.24) is 10.3 Å². The number of aromatic hydroxyl groups is 1. The maximum absolute atomic E-state index is 11.9. The Morgan fingerprint density at radius 3 is 3.05 bits per heavy atom. The van der Waals surface area contributed by atoms with Gasteiger partial charge in [-0.3, -0.25) is 4.79 Å². The molecule has 1 atom stereocenters. The van der Waals surface area contributed by atoms with Crippen LogP contribution < -0.4 is 5.32 Å². The molecular weight excluding hydrogens is 284 g/mol. The van der Waals surface area contributed by atoms with Gasteiger partial charge >= 0.3 is 0 Å². The van der Waals surface area contributed by atoms with Gasteiger partial charge in [0.25, 0.3) is 5.91 Å². The van der Waals surface area contributed by atoms with Gasteiger partial charge in [0.15, 0.2) is 0 Å². The van der Waals surface area contributed by atoms with Crippen LogP contribution in [0.2, 0.25) is 5.02 Å². The molecule has 0 radical (unpaired) electrons. The number of halogens is 1. The van der Waals surface area contributed by atoms with Crippen LogP contribution in [0.5, 0.6) is 5.75 Å². The summed E-state index contributed by atoms with van der Waals surface area (Å²) in [4.78, 5) is 16.1. The van der Waals surface area contributed by atoms with E-state index in [1.54, 1.807) is 17.5 Å². The lowest BCUT2D eigenvalue weighted by Gasteiger charge is -2.11. The normalized spacial score (nSPS) is 12.1. The largest absolute Gasteiger partial charge is 0.507 e. The van der Waals surface area contributed by atoms with Crippen LogP contribution in [0.4, 0.5) is 0 Å². The highest BCUT2D eigenvalue weighted by Crippen LogP contribution is 2.22. The van der Waals surface area contributed by atoms with Crippen LogP contribution in [0, 0.1) is 0 Å². The molecule has 2 N–H and O–H groups in total. The highest BCUT2D eigenvalue weighted by molar-refractivity contribution is 7.09. The molecule has 1 aromatic carbocycles. The Morgan fingerprint density at radius 2 is 2.37 bits per heavy atom. The number of hydrogen-bond acceptors (Lipinski definition) is 4. The molecule has 0 aliphatic heterocycles. The molecule has 0 fully saturated rings. The molecule has 0 saturated heterocycles. The summed E-state index contributed by atoms with van der Waals surface area (Å²) in [6.07, 6.45) is 1.74. The lowest BCUT2D eigenvalue weighted by molar-refractivity contribution is 0.0949. The summed E-state index contributed by atoms with van der Waals surface area (Å²) < 4.78 is 0. The first-order valence-electron chi connectivity index (χ1n) is 5.74. The number of rotatable bonds is 4. The number of nitrogens with zero attached hydrogens (tertiary/aromatic N) is 1. The zero-order chi connectivity index (χ0) is 13.8. The predicted molar refractivity (Wildman–Crippen MR) is 76.0 cm³/mol. The van der Waals surface area contributed by atoms with Crippen LogP contribution in [-0.4, -0.2) is 22.5 Å². The third kappa shape index (κ3) is 3.45. The molecule has 1 unspecified atom stereocenters. The van der Waals surface area contributed by atoms with E-state index >= 15 is 0 Å². The molecule has 0 aliphatic rings. The van der Waals surface area contributed by atoms with E-state index in [9.17, 15) is 9.90 Å². The maximum Gasteiger partial charge on any atom is 0.255 e. The van der Waals surface area contributed by atoms with E-state index in [0.29, 0.717) is 11.6 Å². The minimum Gasteiger partial charge on any atom is -0.507 e. The van der Waals surface area contributed by atoms with Crippen molar-refractivity contribution in [3.8, 4) is 5.75 Å². The van der Waals surface area contributed by atoms with E-state index in [4.69, 9.17) is 11.6 Å². The number of phenolic OH excluding ortho intramolecular Hbond substituents is 1. The highest BCUT2D eigenvalue weighted by atomic mass is 35.5. The zero-order valence-corrected chi connectivity index (χ0v) is 11.8. The number of phenols is 1. The first-order valence-corrected chi connectivity index (χ1v) is 7.00. The van der Waals surface area contributed by atoms with Gasteiger partial charge in [-0.15, -0.1) is 11.3 Å². The van der Waals surface area contributed by atoms with Crippen molar-refractivity contribution in [3.63, 3.8) is 0 Å². The molecule has 0 aliphatic carbocycles. The molecule has 100 valence electrons. The van der Waals surface area contributed by atoms with E-state index in [1.807, 2.05) is 12.3 Å². The van der Waals surface area contributed by atoms with E-state index in [1.165, 1.54) is 18.2 Å². The van der Waals surface area contributed by atoms with Gasteiger partial charge in [0.2, 0.25) is 0 Å². The third-order valence-corrected chi connectivity index (χ3v) is 3.89. The predicted octanol–water partition coefficient (Wildman–Crippen LogP) is 3.04. The van der Waals surface area contributed by atoms with Crippen LogP contribution in [0.3, 0.4) is 0 Å². The minimum atomic E-state index is -0.344. The summed E-state index contributed by atoms with van der Waals surface area (Å²) in [6, 6.07) is 4.38. The van der Waals surface area contributed by atoms with Crippen LogP contribution in [0.1, 0.15) is 28.2 Å². The van der Waals surface area contributed by atoms with Crippen molar-refractivity contribution in [2.45, 2.75) is 12.8 Å². The van der Waals surface area contributed by atoms with Crippen LogP contribution in [0.25, 0.3) is 0 Å². The van der Waals surface area contributed by atoms with Crippen molar-refractivity contribution < 1.29 is 9.90 Å². The number of amides is 1. The average Bonchev–Trinajstić information content (AvgIpc) is 2.92. The smallest absolute Gasteiger partial charge is 0.255 e. The monoisotopic (exact) mass is 296 g/mol. The molecule has 0 spiro atoms. The molecule has 1 aromatic heterocycles. The summed E-state index contributed by atoms with van der Waals surface area (Å²) in [6.45, 7) is 2.44. The molecule has 2 rings (SSSR count). The van der Waals surface area contributed by atoms with E-state index in [0.717, 1.165) is 5.01 Å². The topological polar surface area (TPSA) is 62.2 Å². The van der Waals surface area contributed by atoms with E-state index in [2.05, 4.69) is 10.3 Å². The first kappa shape index (κ1) is 13.8. The Kier molecular flexibility index (Phi) is 4.39. The minimum absolute atomic E-state index is 0.0798. The molecular formula is C13H13ClN2O2S. The number of carbonyl (C=O) groups is 1. The SMILES string of the molecule is CC(CNC(=O)c1cc(Cl)ccc1O)c1nccs1. The molecule has 0 bridgehead atoms. The lowest BCUT2D eigenvalue weighted by Crippen LogP contribution is -2.27. The van der Waals surface area contributed by atoms with Crippen LogP contribution >= 0.6 is 22.9 Å². The molecule has 6 heteroatoms. The highest BCUT2D eigenvalue weighted by Gasteiger charge is 2.14. The van der Waals surface area contributed by atoms with Gasteiger partial charge < -0.3 is 10.4 Å². The van der Waals surface area contributed by atoms with Gasteiger partial charge in [0.1, 0.15) is 5.75 Å². The fourth-order valence-electron chi connectivity index (χ4n) is 1.60. The molecule has 0 saturated carbocycles. The van der Waals surface area contributed by atoms with Gasteiger partial charge in [-0.2, -0.15) is 0 Å². The van der Waals surface area contributed by atoms with E-state index in [-0.39, 0.29) is 23.1 Å². The van der Waals surface area contributed by atoms with Crippen molar-refractivity contribution in [2.24, 2.45) is 0 Å². The molecule has 2 aromatic rings. The quantitative estimate of drug-likeness (QED) is 0.911. The number of benzene rings is 1. The summed E-state index contributed by atoms with van der Waals surface area (Å²) >= 11 is 7.36. The summed E-state index contributed by atoms with van der Waals surface area (Å²) in [5, 5.41) is 15.7. The standard InChI is InChI=1S/C13H13ClN2O2S/c1-8(13-15-4-5-19-13)7-16-12(18)10-6-9(14)2-3-11(10)17/h2-6,8,17H,7H2,1H3,(H,16,18). The van der Waals surface area contributed by atoms with Crippen molar-refractivity contribution in [1.29, 1.82) is 0 Å². The van der Waals surface area contributed by atoms with Crippen molar-refractivity contribution in [3.05, 3.63) is 45.4 Å². The zero-order valence-electron chi connectivity index (χ0n) is 10.3. The summed E-state index contributed by atoms with van der Waals surface area (Å²) in [5.41, 5.74) is 0.179. The second-order valence-corrected chi connectivity index (χ2v) is 5.51. The summed E-state index contributed by atoms with van der Waals surface area (Å²) in [5.74, 6) is -0.294. The molecule has 1 amide bonds. The summed E-state index contributed by atoms with van der Waals surface area (Å²) in [7, 11) is 0. The van der Waals surface area contributed by atoms with Crippen LogP contribution in [0.15, 0.2) is 29.8 Å². The number of aromatic nitrogens is 1. The van der Waals surface area contributed by atoms with Gasteiger partial charge in [-0.1, -0.05) is 18.5 Å². The third-order valence-electron chi connectivity index (χ3n) is 2.65. The van der Waals surface area contributed by atoms with Crippen molar-refractivity contribution in [2.75, 3.05) is 6.54 Å². The van der Waals surface area contributed by atoms with Crippen molar-refractivity contribution >= 4 is 28.8 Å². The fraction of sp³-hybridized carbons (Fsp3) is 0.231. The number of thiazole rings is 1. The lowest BCUT2D eigenvalue weighted by atomic mass is 10.1. The van der Waals surface area contributed by atoms with Gasteiger partial charge in [-0.05, 0) is 18.2 Å². The Hall–Kier alpha value is -1.59. The number of nitrogens with one attached hydrogen (secondary N) is 1. The van der Waals surface area contributed by atoms with Gasteiger partial charge in [-0.25, -0.2) is 4.98 Å². The second kappa shape index (κ2) is 6.04. The maximum atomic E-state index is 11.9.